The third kappa shape index (κ3) is 26.0. The van der Waals surface area contributed by atoms with Crippen LogP contribution >= 0.6 is 0 Å². The first-order valence-corrected chi connectivity index (χ1v) is 16.0. The lowest BCUT2D eigenvalue weighted by atomic mass is 10.1. The number of carbonyl (C=O) groups excluding carboxylic acids is 2. The molecule has 214 valence electrons. The summed E-state index contributed by atoms with van der Waals surface area (Å²) in [6, 6.07) is 0. The molecule has 0 N–H and O–H groups in total. The summed E-state index contributed by atoms with van der Waals surface area (Å²) in [5, 5.41) is 0. The van der Waals surface area contributed by atoms with Gasteiger partial charge < -0.3 is 9.47 Å². The fourth-order valence-electron chi connectivity index (χ4n) is 4.63. The molecule has 4 heteroatoms. The summed E-state index contributed by atoms with van der Waals surface area (Å²) >= 11 is 0. The minimum Gasteiger partial charge on any atom is -0.425 e. The third-order valence-electron chi connectivity index (χ3n) is 7.04. The van der Waals surface area contributed by atoms with Gasteiger partial charge in [0.15, 0.2) is 0 Å². The van der Waals surface area contributed by atoms with Gasteiger partial charge in [-0.2, -0.15) is 0 Å². The van der Waals surface area contributed by atoms with Crippen molar-refractivity contribution in [2.45, 2.75) is 194 Å². The van der Waals surface area contributed by atoms with Crippen LogP contribution in [-0.4, -0.2) is 18.2 Å². The van der Waals surface area contributed by atoms with E-state index in [1.54, 1.807) is 0 Å². The predicted octanol–water partition coefficient (Wildman–Crippen LogP) is 10.6. The normalized spacial score (nSPS) is 11.2. The topological polar surface area (TPSA) is 52.6 Å². The Morgan fingerprint density at radius 3 is 1.03 bits per heavy atom. The molecule has 0 aliphatic heterocycles. The fourth-order valence-corrected chi connectivity index (χ4v) is 4.63. The van der Waals surface area contributed by atoms with Crippen LogP contribution in [0.15, 0.2) is 0 Å². The Bertz CT molecular complexity index is 439. The zero-order valence-corrected chi connectivity index (χ0v) is 24.6. The van der Waals surface area contributed by atoms with Gasteiger partial charge in [-0.1, -0.05) is 149 Å². The van der Waals surface area contributed by atoms with Gasteiger partial charge in [0.1, 0.15) is 0 Å². The van der Waals surface area contributed by atoms with Gasteiger partial charge in [-0.15, -0.1) is 0 Å². The molecule has 0 aromatic rings. The van der Waals surface area contributed by atoms with E-state index in [4.69, 9.17) is 9.47 Å². The van der Waals surface area contributed by atoms with Crippen molar-refractivity contribution in [1.29, 1.82) is 0 Å². The van der Waals surface area contributed by atoms with Crippen molar-refractivity contribution in [3.63, 3.8) is 0 Å². The molecule has 36 heavy (non-hydrogen) atoms. The average molecular weight is 511 g/mol. The molecule has 0 bridgehead atoms. The molecule has 4 nitrogen and oxygen atoms in total. The summed E-state index contributed by atoms with van der Waals surface area (Å²) in [6.07, 6.45) is 28.7. The monoisotopic (exact) mass is 510 g/mol. The minimum atomic E-state index is -0.706. The van der Waals surface area contributed by atoms with Gasteiger partial charge in [0.05, 0.1) is 0 Å². The van der Waals surface area contributed by atoms with E-state index in [2.05, 4.69) is 20.8 Å². The van der Waals surface area contributed by atoms with Crippen molar-refractivity contribution in [3.05, 3.63) is 0 Å². The lowest BCUT2D eigenvalue weighted by Gasteiger charge is -2.18. The molecule has 0 amide bonds. The molecule has 0 unspecified atom stereocenters. The largest absolute Gasteiger partial charge is 0.425 e. The Balaban J connectivity index is 3.93. The van der Waals surface area contributed by atoms with E-state index in [1.165, 1.54) is 103 Å². The van der Waals surface area contributed by atoms with Gasteiger partial charge in [-0.05, 0) is 19.3 Å². The van der Waals surface area contributed by atoms with Crippen LogP contribution in [-0.2, 0) is 19.1 Å². The van der Waals surface area contributed by atoms with Crippen LogP contribution in [0, 0.1) is 0 Å². The van der Waals surface area contributed by atoms with Crippen LogP contribution in [0.25, 0.3) is 0 Å². The first-order valence-electron chi connectivity index (χ1n) is 16.0. The summed E-state index contributed by atoms with van der Waals surface area (Å²) in [5.41, 5.74) is 0. The summed E-state index contributed by atoms with van der Waals surface area (Å²) in [7, 11) is 0. The van der Waals surface area contributed by atoms with E-state index >= 15 is 0 Å². The smallest absolute Gasteiger partial charge is 0.308 e. The van der Waals surface area contributed by atoms with Crippen LogP contribution < -0.4 is 0 Å². The van der Waals surface area contributed by atoms with E-state index in [1.807, 2.05) is 0 Å². The molecular formula is C32H62O4. The number of carbonyl (C=O) groups is 2. The van der Waals surface area contributed by atoms with Gasteiger partial charge in [0, 0.05) is 19.3 Å². The summed E-state index contributed by atoms with van der Waals surface area (Å²) < 4.78 is 11.1. The number of ether oxygens (including phenoxy) is 2. The maximum absolute atomic E-state index is 12.3. The molecular weight excluding hydrogens is 448 g/mol. The Labute approximate surface area is 225 Å². The first kappa shape index (κ1) is 34.9. The third-order valence-corrected chi connectivity index (χ3v) is 7.04. The predicted molar refractivity (Wildman–Crippen MR) is 153 cm³/mol. The molecule has 0 atom stereocenters. The van der Waals surface area contributed by atoms with Gasteiger partial charge in [0.2, 0.25) is 6.29 Å². The zero-order chi connectivity index (χ0) is 26.5. The molecule has 0 saturated heterocycles. The number of hydrogen-bond acceptors (Lipinski definition) is 4. The van der Waals surface area contributed by atoms with E-state index in [-0.39, 0.29) is 11.9 Å². The molecule has 0 saturated carbocycles. The zero-order valence-electron chi connectivity index (χ0n) is 24.6. The van der Waals surface area contributed by atoms with Crippen molar-refractivity contribution < 1.29 is 19.1 Å². The summed E-state index contributed by atoms with van der Waals surface area (Å²) in [4.78, 5) is 24.7. The van der Waals surface area contributed by atoms with Crippen molar-refractivity contribution in [2.24, 2.45) is 0 Å². The van der Waals surface area contributed by atoms with E-state index < -0.39 is 6.29 Å². The van der Waals surface area contributed by atoms with Gasteiger partial charge in [0.25, 0.3) is 0 Å². The van der Waals surface area contributed by atoms with Crippen LogP contribution in [0.4, 0.5) is 0 Å². The highest BCUT2D eigenvalue weighted by Crippen LogP contribution is 2.16. The molecule has 0 aromatic heterocycles. The fraction of sp³-hybridized carbons (Fsp3) is 0.938. The SMILES string of the molecule is CCCCCCCCCCCCC(=O)OC(CCCCC)OC(=O)CCCCCCCCCCCC. The number of esters is 2. The quantitative estimate of drug-likeness (QED) is 0.0596. The molecule has 0 radical (unpaired) electrons. The highest BCUT2D eigenvalue weighted by Gasteiger charge is 2.18. The highest BCUT2D eigenvalue weighted by atomic mass is 16.7. The Kier molecular flexibility index (Phi) is 27.7. The second-order valence-electron chi connectivity index (χ2n) is 10.8. The van der Waals surface area contributed by atoms with Crippen LogP contribution in [0.1, 0.15) is 188 Å². The molecule has 0 rings (SSSR count). The van der Waals surface area contributed by atoms with Crippen molar-refractivity contribution >= 4 is 11.9 Å². The molecule has 0 fully saturated rings. The second kappa shape index (κ2) is 28.5. The van der Waals surface area contributed by atoms with Crippen molar-refractivity contribution in [3.8, 4) is 0 Å². The lowest BCUT2D eigenvalue weighted by molar-refractivity contribution is -0.189. The number of rotatable bonds is 28. The molecule has 0 aliphatic carbocycles. The van der Waals surface area contributed by atoms with Crippen molar-refractivity contribution in [2.75, 3.05) is 0 Å². The van der Waals surface area contributed by atoms with Gasteiger partial charge in [-0.25, -0.2) is 0 Å². The average Bonchev–Trinajstić information content (AvgIpc) is 2.86. The van der Waals surface area contributed by atoms with Crippen LogP contribution in [0.3, 0.4) is 0 Å². The first-order chi connectivity index (χ1) is 17.6. The molecule has 0 spiro atoms. The van der Waals surface area contributed by atoms with Crippen LogP contribution in [0.5, 0.6) is 0 Å². The lowest BCUT2D eigenvalue weighted by Crippen LogP contribution is -2.24. The van der Waals surface area contributed by atoms with Gasteiger partial charge in [-0.3, -0.25) is 9.59 Å². The number of unbranched alkanes of at least 4 members (excludes halogenated alkanes) is 20. The Morgan fingerprint density at radius 1 is 0.417 bits per heavy atom. The Morgan fingerprint density at radius 2 is 0.694 bits per heavy atom. The van der Waals surface area contributed by atoms with Crippen molar-refractivity contribution in [1.82, 2.24) is 0 Å². The van der Waals surface area contributed by atoms with Crippen LogP contribution in [0.2, 0.25) is 0 Å². The molecule has 0 aliphatic rings. The molecule has 0 heterocycles. The second-order valence-corrected chi connectivity index (χ2v) is 10.8. The van der Waals surface area contributed by atoms with E-state index in [0.717, 1.165) is 44.9 Å². The maximum Gasteiger partial charge on any atom is 0.308 e. The standard InChI is InChI=1S/C32H62O4/c1-4-7-10-12-14-16-18-20-22-25-27-30(33)35-32(29-24-9-6-3)36-31(34)28-26-23-21-19-17-15-13-11-8-5-2/h32H,4-29H2,1-3H3. The maximum atomic E-state index is 12.3. The molecule has 0 aromatic carbocycles. The highest BCUT2D eigenvalue weighted by molar-refractivity contribution is 5.71. The van der Waals surface area contributed by atoms with E-state index in [9.17, 15) is 9.59 Å². The van der Waals surface area contributed by atoms with E-state index in [0.29, 0.717) is 19.3 Å². The minimum absolute atomic E-state index is 0.220. The number of hydrogen-bond donors (Lipinski definition) is 0. The summed E-state index contributed by atoms with van der Waals surface area (Å²) in [5.74, 6) is -0.439. The van der Waals surface area contributed by atoms with Gasteiger partial charge >= 0.3 is 11.9 Å². The Hall–Kier alpha value is -1.06. The summed E-state index contributed by atoms with van der Waals surface area (Å²) in [6.45, 7) is 6.65.